The molecule has 4 heteroatoms. The van der Waals surface area contributed by atoms with Crippen LogP contribution in [-0.2, 0) is 11.3 Å². The normalized spacial score (nSPS) is 22.0. The van der Waals surface area contributed by atoms with E-state index in [-0.39, 0.29) is 0 Å². The van der Waals surface area contributed by atoms with Crippen LogP contribution in [0, 0.1) is 0 Å². The van der Waals surface area contributed by atoms with E-state index in [2.05, 4.69) is 15.3 Å². The minimum Gasteiger partial charge on any atom is -0.370 e. The number of nitrogens with one attached hydrogen (secondary N) is 1. The third-order valence-electron chi connectivity index (χ3n) is 2.10. The van der Waals surface area contributed by atoms with Crippen molar-refractivity contribution in [2.75, 3.05) is 13.1 Å². The number of ether oxygens (including phenoxy) is 1. The zero-order valence-corrected chi connectivity index (χ0v) is 7.44. The summed E-state index contributed by atoms with van der Waals surface area (Å²) in [5.41, 5.74) is 0.898. The lowest BCUT2D eigenvalue weighted by Crippen LogP contribution is -2.16. The van der Waals surface area contributed by atoms with Crippen LogP contribution in [0.25, 0.3) is 0 Å². The van der Waals surface area contributed by atoms with Crippen molar-refractivity contribution in [3.05, 3.63) is 24.3 Å². The Morgan fingerprint density at radius 2 is 2.54 bits per heavy atom. The number of aromatic nitrogens is 2. The van der Waals surface area contributed by atoms with Crippen molar-refractivity contribution in [1.29, 1.82) is 0 Å². The van der Waals surface area contributed by atoms with Crippen LogP contribution in [-0.4, -0.2) is 29.2 Å². The number of hydrogen-bond donors (Lipinski definition) is 1. The SMILES string of the molecule is c1cnc(COC2CCNC2)cn1. The van der Waals surface area contributed by atoms with Crippen LogP contribution >= 0.6 is 0 Å². The van der Waals surface area contributed by atoms with Gasteiger partial charge in [-0.3, -0.25) is 9.97 Å². The Morgan fingerprint density at radius 3 is 3.23 bits per heavy atom. The second-order valence-electron chi connectivity index (χ2n) is 3.12. The molecule has 1 atom stereocenters. The molecule has 0 radical (unpaired) electrons. The lowest BCUT2D eigenvalue weighted by atomic mass is 10.3. The van der Waals surface area contributed by atoms with E-state index in [0.29, 0.717) is 12.7 Å². The Balaban J connectivity index is 1.79. The predicted molar refractivity (Wildman–Crippen MR) is 48.1 cm³/mol. The van der Waals surface area contributed by atoms with Crippen LogP contribution in [0.2, 0.25) is 0 Å². The minimum atomic E-state index is 0.349. The smallest absolute Gasteiger partial charge is 0.0907 e. The maximum Gasteiger partial charge on any atom is 0.0907 e. The molecule has 1 fully saturated rings. The summed E-state index contributed by atoms with van der Waals surface area (Å²) in [6, 6.07) is 0. The van der Waals surface area contributed by atoms with Gasteiger partial charge in [-0.2, -0.15) is 0 Å². The van der Waals surface area contributed by atoms with E-state index in [1.807, 2.05) is 0 Å². The summed E-state index contributed by atoms with van der Waals surface area (Å²) in [5.74, 6) is 0. The molecule has 0 saturated carbocycles. The van der Waals surface area contributed by atoms with Crippen LogP contribution in [0.3, 0.4) is 0 Å². The predicted octanol–water partition coefficient (Wildman–Crippen LogP) is 0.355. The molecular weight excluding hydrogens is 166 g/mol. The van der Waals surface area contributed by atoms with Gasteiger partial charge in [0.15, 0.2) is 0 Å². The second kappa shape index (κ2) is 4.30. The number of rotatable bonds is 3. The maximum absolute atomic E-state index is 5.62. The van der Waals surface area contributed by atoms with Gasteiger partial charge >= 0.3 is 0 Å². The molecule has 1 N–H and O–H groups in total. The molecule has 1 saturated heterocycles. The van der Waals surface area contributed by atoms with Gasteiger partial charge in [-0.15, -0.1) is 0 Å². The molecule has 1 aromatic heterocycles. The van der Waals surface area contributed by atoms with Gasteiger partial charge in [-0.1, -0.05) is 0 Å². The highest BCUT2D eigenvalue weighted by Gasteiger charge is 2.14. The first kappa shape index (κ1) is 8.59. The van der Waals surface area contributed by atoms with Crippen molar-refractivity contribution >= 4 is 0 Å². The lowest BCUT2D eigenvalue weighted by molar-refractivity contribution is 0.0520. The zero-order valence-electron chi connectivity index (χ0n) is 7.44. The van der Waals surface area contributed by atoms with Gasteiger partial charge in [0.05, 0.1) is 24.6 Å². The van der Waals surface area contributed by atoms with Gasteiger partial charge in [0.2, 0.25) is 0 Å². The first-order chi connectivity index (χ1) is 6.45. The molecule has 4 nitrogen and oxygen atoms in total. The zero-order chi connectivity index (χ0) is 8.93. The third kappa shape index (κ3) is 2.47. The summed E-state index contributed by atoms with van der Waals surface area (Å²) in [6.45, 7) is 2.59. The molecule has 1 aliphatic rings. The Labute approximate surface area is 77.4 Å². The fourth-order valence-electron chi connectivity index (χ4n) is 1.38. The first-order valence-corrected chi connectivity index (χ1v) is 4.52. The maximum atomic E-state index is 5.62. The quantitative estimate of drug-likeness (QED) is 0.727. The Bertz CT molecular complexity index is 246. The van der Waals surface area contributed by atoms with Gasteiger partial charge in [0.1, 0.15) is 0 Å². The largest absolute Gasteiger partial charge is 0.370 e. The lowest BCUT2D eigenvalue weighted by Gasteiger charge is -2.08. The fourth-order valence-corrected chi connectivity index (χ4v) is 1.38. The molecule has 2 rings (SSSR count). The molecule has 2 heterocycles. The first-order valence-electron chi connectivity index (χ1n) is 4.52. The van der Waals surface area contributed by atoms with Crippen molar-refractivity contribution in [3.8, 4) is 0 Å². The molecule has 1 aliphatic heterocycles. The van der Waals surface area contributed by atoms with Gasteiger partial charge in [-0.25, -0.2) is 0 Å². The second-order valence-corrected chi connectivity index (χ2v) is 3.12. The van der Waals surface area contributed by atoms with Crippen molar-refractivity contribution in [3.63, 3.8) is 0 Å². The third-order valence-corrected chi connectivity index (χ3v) is 2.10. The molecule has 0 bridgehead atoms. The van der Waals surface area contributed by atoms with Gasteiger partial charge in [-0.05, 0) is 13.0 Å². The highest BCUT2D eigenvalue weighted by Crippen LogP contribution is 2.05. The highest BCUT2D eigenvalue weighted by molar-refractivity contribution is 4.92. The van der Waals surface area contributed by atoms with E-state index in [0.717, 1.165) is 25.2 Å². The standard InChI is InChI=1S/C9H13N3O/c1-2-10-6-9(1)13-7-8-5-11-3-4-12-8/h3-5,9-10H,1-2,6-7H2. The van der Waals surface area contributed by atoms with Crippen LogP contribution < -0.4 is 5.32 Å². The molecule has 1 unspecified atom stereocenters. The van der Waals surface area contributed by atoms with Gasteiger partial charge in [0, 0.05) is 18.9 Å². The van der Waals surface area contributed by atoms with Crippen molar-refractivity contribution in [1.82, 2.24) is 15.3 Å². The van der Waals surface area contributed by atoms with E-state index in [9.17, 15) is 0 Å². The fraction of sp³-hybridized carbons (Fsp3) is 0.556. The summed E-state index contributed by atoms with van der Waals surface area (Å²) in [7, 11) is 0. The van der Waals surface area contributed by atoms with Crippen molar-refractivity contribution < 1.29 is 4.74 Å². The van der Waals surface area contributed by atoms with Gasteiger partial charge in [0.25, 0.3) is 0 Å². The number of hydrogen-bond acceptors (Lipinski definition) is 4. The Hall–Kier alpha value is -1.00. The Kier molecular flexibility index (Phi) is 2.84. The van der Waals surface area contributed by atoms with E-state index in [4.69, 9.17) is 4.74 Å². The molecule has 0 spiro atoms. The monoisotopic (exact) mass is 179 g/mol. The van der Waals surface area contributed by atoms with E-state index in [1.165, 1.54) is 0 Å². The summed E-state index contributed by atoms with van der Waals surface area (Å²) in [6.07, 6.45) is 6.54. The van der Waals surface area contributed by atoms with Gasteiger partial charge < -0.3 is 10.1 Å². The van der Waals surface area contributed by atoms with E-state index < -0.39 is 0 Å². The Morgan fingerprint density at radius 1 is 1.54 bits per heavy atom. The van der Waals surface area contributed by atoms with Crippen molar-refractivity contribution in [2.24, 2.45) is 0 Å². The van der Waals surface area contributed by atoms with E-state index in [1.54, 1.807) is 18.6 Å². The average molecular weight is 179 g/mol. The minimum absolute atomic E-state index is 0.349. The van der Waals surface area contributed by atoms with E-state index >= 15 is 0 Å². The topological polar surface area (TPSA) is 47.0 Å². The molecule has 70 valence electrons. The molecule has 0 aliphatic carbocycles. The highest BCUT2D eigenvalue weighted by atomic mass is 16.5. The summed E-state index contributed by atoms with van der Waals surface area (Å²) in [4.78, 5) is 8.10. The molecule has 13 heavy (non-hydrogen) atoms. The molecule has 0 amide bonds. The van der Waals surface area contributed by atoms with Crippen LogP contribution in [0.4, 0.5) is 0 Å². The number of nitrogens with zero attached hydrogens (tertiary/aromatic N) is 2. The molecule has 1 aromatic rings. The van der Waals surface area contributed by atoms with Crippen LogP contribution in [0.5, 0.6) is 0 Å². The summed E-state index contributed by atoms with van der Waals surface area (Å²) in [5, 5.41) is 3.25. The average Bonchev–Trinajstić information content (AvgIpc) is 2.69. The summed E-state index contributed by atoms with van der Waals surface area (Å²) >= 11 is 0. The van der Waals surface area contributed by atoms with Crippen LogP contribution in [0.1, 0.15) is 12.1 Å². The van der Waals surface area contributed by atoms with Crippen LogP contribution in [0.15, 0.2) is 18.6 Å². The molecule has 0 aromatic carbocycles. The van der Waals surface area contributed by atoms with Crippen molar-refractivity contribution in [2.45, 2.75) is 19.1 Å². The summed E-state index contributed by atoms with van der Waals surface area (Å²) < 4.78 is 5.62. The molecular formula is C9H13N3O.